The standard InChI is InChI=1S/C27H32N6O2/c1-32-23-11-8-19(27(16-20(27)5-4-14-34)26(35)33-12-2-3-13-33)15-22(23)31-24(32)17-30-21-9-6-18(7-10-21)25(28)29/h6-11,14-15,20,30H,2-5,12-13,16-17H2,1H3,(H3,28,29). The third-order valence-corrected chi connectivity index (χ3v) is 7.65. The van der Waals surface area contributed by atoms with E-state index in [0.29, 0.717) is 18.5 Å². The van der Waals surface area contributed by atoms with E-state index >= 15 is 0 Å². The van der Waals surface area contributed by atoms with Crippen molar-refractivity contribution >= 4 is 34.7 Å². The minimum absolute atomic E-state index is 0.0488. The number of anilines is 1. The Hall–Kier alpha value is -3.68. The fourth-order valence-electron chi connectivity index (χ4n) is 5.52. The number of aldehydes is 1. The van der Waals surface area contributed by atoms with E-state index in [4.69, 9.17) is 16.1 Å². The number of nitrogens with one attached hydrogen (secondary N) is 2. The maximum atomic E-state index is 13.6. The molecule has 1 amide bonds. The molecule has 1 saturated carbocycles. The zero-order valence-electron chi connectivity index (χ0n) is 20.1. The predicted molar refractivity (Wildman–Crippen MR) is 136 cm³/mol. The van der Waals surface area contributed by atoms with Crippen LogP contribution in [0.1, 0.15) is 49.1 Å². The van der Waals surface area contributed by atoms with Crippen molar-refractivity contribution in [1.82, 2.24) is 14.5 Å². The van der Waals surface area contributed by atoms with Gasteiger partial charge in [-0.2, -0.15) is 0 Å². The summed E-state index contributed by atoms with van der Waals surface area (Å²) in [5, 5.41) is 10.9. The highest BCUT2D eigenvalue weighted by atomic mass is 16.2. The van der Waals surface area contributed by atoms with Gasteiger partial charge in [-0.05, 0) is 73.6 Å². The Morgan fingerprint density at radius 1 is 1.23 bits per heavy atom. The average molecular weight is 473 g/mol. The van der Waals surface area contributed by atoms with Crippen LogP contribution in [0.4, 0.5) is 5.69 Å². The quantitative estimate of drug-likeness (QED) is 0.251. The van der Waals surface area contributed by atoms with Crippen molar-refractivity contribution in [2.45, 2.75) is 44.1 Å². The van der Waals surface area contributed by atoms with Crippen molar-refractivity contribution in [1.29, 1.82) is 5.41 Å². The molecule has 8 heteroatoms. The molecule has 2 aromatic carbocycles. The molecule has 0 radical (unpaired) electrons. The number of carbonyl (C=O) groups is 2. The Kier molecular flexibility index (Phi) is 6.05. The van der Waals surface area contributed by atoms with Crippen LogP contribution < -0.4 is 11.1 Å². The number of benzene rings is 2. The summed E-state index contributed by atoms with van der Waals surface area (Å²) in [5.41, 5.74) is 9.55. The molecule has 2 unspecified atom stereocenters. The van der Waals surface area contributed by atoms with Gasteiger partial charge >= 0.3 is 0 Å². The van der Waals surface area contributed by atoms with Gasteiger partial charge in [-0.15, -0.1) is 0 Å². The summed E-state index contributed by atoms with van der Waals surface area (Å²) in [5.74, 6) is 1.37. The number of aromatic nitrogens is 2. The number of nitrogen functional groups attached to an aromatic ring is 1. The van der Waals surface area contributed by atoms with Gasteiger partial charge in [0.1, 0.15) is 17.9 Å². The van der Waals surface area contributed by atoms with E-state index in [2.05, 4.69) is 28.1 Å². The lowest BCUT2D eigenvalue weighted by molar-refractivity contribution is -0.133. The third kappa shape index (κ3) is 4.17. The van der Waals surface area contributed by atoms with Gasteiger partial charge in [0.15, 0.2) is 0 Å². The van der Waals surface area contributed by atoms with Gasteiger partial charge in [0.25, 0.3) is 0 Å². The Morgan fingerprint density at radius 2 is 1.97 bits per heavy atom. The highest BCUT2D eigenvalue weighted by molar-refractivity contribution is 5.95. The molecule has 1 aromatic heterocycles. The average Bonchev–Trinajstić information content (AvgIpc) is 3.18. The second kappa shape index (κ2) is 9.17. The number of imidazole rings is 1. The lowest BCUT2D eigenvalue weighted by Gasteiger charge is -2.24. The number of carbonyl (C=O) groups excluding carboxylic acids is 2. The van der Waals surface area contributed by atoms with E-state index in [0.717, 1.165) is 73.2 Å². The molecule has 4 N–H and O–H groups in total. The number of amidine groups is 1. The largest absolute Gasteiger partial charge is 0.384 e. The summed E-state index contributed by atoms with van der Waals surface area (Å²) in [4.78, 5) is 31.5. The van der Waals surface area contributed by atoms with Crippen molar-refractivity contribution in [3.05, 3.63) is 59.4 Å². The van der Waals surface area contributed by atoms with E-state index in [9.17, 15) is 9.59 Å². The number of rotatable bonds is 9. The number of hydrogen-bond donors (Lipinski definition) is 3. The van der Waals surface area contributed by atoms with Gasteiger partial charge in [-0.3, -0.25) is 10.2 Å². The molecule has 5 rings (SSSR count). The second-order valence-electron chi connectivity index (χ2n) is 9.75. The SMILES string of the molecule is Cn1c(CNc2ccc(C(=N)N)cc2)nc2cc(C3(C(=O)N4CCCC4)CC3CCC=O)ccc21. The van der Waals surface area contributed by atoms with E-state index < -0.39 is 5.41 Å². The first-order valence-corrected chi connectivity index (χ1v) is 12.3. The fourth-order valence-corrected chi connectivity index (χ4v) is 5.52. The van der Waals surface area contributed by atoms with Crippen LogP contribution in [-0.2, 0) is 28.6 Å². The first-order chi connectivity index (χ1) is 16.9. The third-order valence-electron chi connectivity index (χ3n) is 7.65. The Bertz CT molecular complexity index is 1270. The summed E-state index contributed by atoms with van der Waals surface area (Å²) < 4.78 is 2.07. The normalized spacial score (nSPS) is 21.3. The summed E-state index contributed by atoms with van der Waals surface area (Å²) in [7, 11) is 2.00. The molecule has 2 aliphatic rings. The second-order valence-corrected chi connectivity index (χ2v) is 9.75. The number of nitrogens with two attached hydrogens (primary N) is 1. The summed E-state index contributed by atoms with van der Waals surface area (Å²) in [6, 6.07) is 13.7. The molecule has 3 aromatic rings. The molecule has 2 atom stereocenters. The van der Waals surface area contributed by atoms with E-state index in [1.165, 1.54) is 0 Å². The van der Waals surface area contributed by atoms with Crippen LogP contribution >= 0.6 is 0 Å². The number of fused-ring (bicyclic) bond motifs is 1. The molecule has 1 aliphatic carbocycles. The Labute approximate surface area is 205 Å². The summed E-state index contributed by atoms with van der Waals surface area (Å²) in [6.07, 6.45) is 5.13. The lowest BCUT2D eigenvalue weighted by Crippen LogP contribution is -2.38. The Balaban J connectivity index is 1.39. The summed E-state index contributed by atoms with van der Waals surface area (Å²) in [6.45, 7) is 2.20. The molecule has 35 heavy (non-hydrogen) atoms. The topological polar surface area (TPSA) is 117 Å². The van der Waals surface area contributed by atoms with Gasteiger partial charge in [0.2, 0.25) is 5.91 Å². The van der Waals surface area contributed by atoms with Crippen molar-refractivity contribution in [3.8, 4) is 0 Å². The molecule has 182 valence electrons. The molecule has 1 saturated heterocycles. The fraction of sp³-hybridized carbons (Fsp3) is 0.407. The maximum absolute atomic E-state index is 13.6. The molecule has 0 spiro atoms. The van der Waals surface area contributed by atoms with Crippen molar-refractivity contribution in [2.24, 2.45) is 18.7 Å². The highest BCUT2D eigenvalue weighted by Gasteiger charge is 2.61. The zero-order chi connectivity index (χ0) is 24.6. The van der Waals surface area contributed by atoms with Gasteiger partial charge in [-0.25, -0.2) is 4.98 Å². The monoisotopic (exact) mass is 472 g/mol. The number of likely N-dealkylation sites (tertiary alicyclic amines) is 1. The molecule has 0 bridgehead atoms. The number of hydrogen-bond acceptors (Lipinski definition) is 5. The van der Waals surface area contributed by atoms with E-state index in [1.54, 1.807) is 0 Å². The van der Waals surface area contributed by atoms with E-state index in [-0.39, 0.29) is 17.7 Å². The van der Waals surface area contributed by atoms with Crippen molar-refractivity contribution in [3.63, 3.8) is 0 Å². The van der Waals surface area contributed by atoms with Crippen molar-refractivity contribution < 1.29 is 9.59 Å². The molecule has 2 heterocycles. The molecular weight excluding hydrogens is 440 g/mol. The van der Waals surface area contributed by atoms with E-state index in [1.807, 2.05) is 36.2 Å². The van der Waals surface area contributed by atoms with Gasteiger partial charge in [0, 0.05) is 37.8 Å². The van der Waals surface area contributed by atoms with Gasteiger partial charge in [-0.1, -0.05) is 6.07 Å². The highest BCUT2D eigenvalue weighted by Crippen LogP contribution is 2.58. The molecular formula is C27H32N6O2. The first-order valence-electron chi connectivity index (χ1n) is 12.3. The number of aryl methyl sites for hydroxylation is 1. The number of amides is 1. The Morgan fingerprint density at radius 3 is 2.66 bits per heavy atom. The maximum Gasteiger partial charge on any atom is 0.233 e. The van der Waals surface area contributed by atoms with Crippen LogP contribution in [-0.4, -0.2) is 45.6 Å². The molecule has 8 nitrogen and oxygen atoms in total. The lowest BCUT2D eigenvalue weighted by atomic mass is 9.90. The number of nitrogens with zero attached hydrogens (tertiary/aromatic N) is 3. The van der Waals surface area contributed by atoms with Crippen LogP contribution in [0.15, 0.2) is 42.5 Å². The first kappa shape index (κ1) is 23.1. The van der Waals surface area contributed by atoms with Crippen LogP contribution in [0.5, 0.6) is 0 Å². The van der Waals surface area contributed by atoms with Crippen LogP contribution in [0, 0.1) is 11.3 Å². The van der Waals surface area contributed by atoms with Gasteiger partial charge in [0.05, 0.1) is 23.0 Å². The van der Waals surface area contributed by atoms with Gasteiger partial charge < -0.3 is 25.3 Å². The smallest absolute Gasteiger partial charge is 0.233 e. The van der Waals surface area contributed by atoms with Crippen LogP contribution in [0.3, 0.4) is 0 Å². The van der Waals surface area contributed by atoms with Crippen LogP contribution in [0.25, 0.3) is 11.0 Å². The minimum atomic E-state index is -0.518. The predicted octanol–water partition coefficient (Wildman–Crippen LogP) is 3.33. The minimum Gasteiger partial charge on any atom is -0.384 e. The zero-order valence-corrected chi connectivity index (χ0v) is 20.1. The van der Waals surface area contributed by atoms with Crippen LogP contribution in [0.2, 0.25) is 0 Å². The summed E-state index contributed by atoms with van der Waals surface area (Å²) >= 11 is 0. The van der Waals surface area contributed by atoms with Crippen molar-refractivity contribution in [2.75, 3.05) is 18.4 Å². The molecule has 1 aliphatic heterocycles. The molecule has 2 fully saturated rings.